The summed E-state index contributed by atoms with van der Waals surface area (Å²) in [5.41, 5.74) is 2.26. The van der Waals surface area contributed by atoms with Crippen molar-refractivity contribution >= 4 is 22.9 Å². The van der Waals surface area contributed by atoms with Gasteiger partial charge in [0.05, 0.1) is 11.8 Å². The Hall–Kier alpha value is -2.64. The number of fused-ring (bicyclic) bond motifs is 1. The maximum Gasteiger partial charge on any atom is 0.326 e. The second-order valence-corrected chi connectivity index (χ2v) is 6.45. The summed E-state index contributed by atoms with van der Waals surface area (Å²) in [4.78, 5) is 40.2. The Labute approximate surface area is 145 Å². The molecule has 25 heavy (non-hydrogen) atoms. The number of carbonyl (C=O) groups excluding carboxylic acids is 1. The van der Waals surface area contributed by atoms with Crippen molar-refractivity contribution in [3.8, 4) is 0 Å². The van der Waals surface area contributed by atoms with E-state index in [1.54, 1.807) is 32.5 Å². The predicted molar refractivity (Wildman–Crippen MR) is 93.5 cm³/mol. The van der Waals surface area contributed by atoms with Gasteiger partial charge in [-0.1, -0.05) is 20.3 Å². The van der Waals surface area contributed by atoms with Gasteiger partial charge in [0, 0.05) is 12.7 Å². The van der Waals surface area contributed by atoms with Gasteiger partial charge in [0.1, 0.15) is 6.04 Å². The van der Waals surface area contributed by atoms with Crippen molar-refractivity contribution in [1.29, 1.82) is 0 Å². The van der Waals surface area contributed by atoms with Crippen molar-refractivity contribution in [2.45, 2.75) is 46.6 Å². The van der Waals surface area contributed by atoms with E-state index in [0.29, 0.717) is 34.3 Å². The Morgan fingerprint density at radius 2 is 2.00 bits per heavy atom. The quantitative estimate of drug-likeness (QED) is 0.721. The fourth-order valence-corrected chi connectivity index (χ4v) is 2.98. The third-order valence-corrected chi connectivity index (χ3v) is 4.71. The third kappa shape index (κ3) is 3.57. The zero-order valence-electron chi connectivity index (χ0n) is 15.1. The Morgan fingerprint density at radius 3 is 2.56 bits per heavy atom. The summed E-state index contributed by atoms with van der Waals surface area (Å²) in [5, 5.41) is 15.0. The average molecular weight is 348 g/mol. The molecule has 8 heteroatoms. The SMILES string of the molecule is CC[C@H](C)[C@H](NC(=O)Cc1c(C)nc2c(c1C)c(=O)[nH]n2C)C(=O)O. The number of hydrogen-bond acceptors (Lipinski definition) is 4. The first-order valence-electron chi connectivity index (χ1n) is 8.24. The van der Waals surface area contributed by atoms with Gasteiger partial charge in [-0.2, -0.15) is 0 Å². The Morgan fingerprint density at radius 1 is 1.36 bits per heavy atom. The van der Waals surface area contributed by atoms with Crippen LogP contribution < -0.4 is 10.9 Å². The number of carbonyl (C=O) groups is 2. The largest absolute Gasteiger partial charge is 0.480 e. The zero-order chi connectivity index (χ0) is 18.9. The number of rotatable bonds is 6. The number of aromatic amines is 1. The van der Waals surface area contributed by atoms with Gasteiger partial charge in [0.2, 0.25) is 5.91 Å². The second-order valence-electron chi connectivity index (χ2n) is 6.45. The van der Waals surface area contributed by atoms with E-state index in [1.807, 2.05) is 6.92 Å². The van der Waals surface area contributed by atoms with Crippen LogP contribution in [0.25, 0.3) is 11.0 Å². The number of amides is 1. The van der Waals surface area contributed by atoms with E-state index in [1.165, 1.54) is 0 Å². The Kier molecular flexibility index (Phi) is 5.30. The van der Waals surface area contributed by atoms with Crippen molar-refractivity contribution in [2.75, 3.05) is 0 Å². The maximum atomic E-state index is 12.4. The molecule has 3 N–H and O–H groups in total. The minimum atomic E-state index is -1.05. The molecule has 0 unspecified atom stereocenters. The van der Waals surface area contributed by atoms with Crippen LogP contribution in [-0.2, 0) is 23.1 Å². The van der Waals surface area contributed by atoms with E-state index >= 15 is 0 Å². The molecule has 1 amide bonds. The number of nitrogens with zero attached hydrogens (tertiary/aromatic N) is 2. The van der Waals surface area contributed by atoms with Gasteiger partial charge in [-0.15, -0.1) is 0 Å². The summed E-state index contributed by atoms with van der Waals surface area (Å²) in [5.74, 6) is -1.63. The number of aliphatic carboxylic acids is 1. The number of carboxylic acid groups (broad SMARTS) is 1. The van der Waals surface area contributed by atoms with Crippen LogP contribution >= 0.6 is 0 Å². The normalized spacial score (nSPS) is 13.6. The van der Waals surface area contributed by atoms with Crippen LogP contribution in [0, 0.1) is 19.8 Å². The van der Waals surface area contributed by atoms with Crippen molar-refractivity contribution < 1.29 is 14.7 Å². The lowest BCUT2D eigenvalue weighted by Gasteiger charge is -2.20. The molecular weight excluding hydrogens is 324 g/mol. The maximum absolute atomic E-state index is 12.4. The number of aryl methyl sites for hydroxylation is 3. The van der Waals surface area contributed by atoms with Gasteiger partial charge < -0.3 is 10.4 Å². The molecule has 0 bridgehead atoms. The predicted octanol–water partition coefficient (Wildman–Crippen LogP) is 1.04. The molecule has 0 aliphatic heterocycles. The van der Waals surface area contributed by atoms with E-state index in [9.17, 15) is 19.5 Å². The number of hydrogen-bond donors (Lipinski definition) is 3. The third-order valence-electron chi connectivity index (χ3n) is 4.71. The Balaban J connectivity index is 2.34. The molecule has 136 valence electrons. The van der Waals surface area contributed by atoms with Crippen LogP contribution in [0.4, 0.5) is 0 Å². The van der Waals surface area contributed by atoms with Gasteiger partial charge in [0.15, 0.2) is 5.65 Å². The highest BCUT2D eigenvalue weighted by Gasteiger charge is 2.26. The minimum absolute atomic E-state index is 0.0187. The van der Waals surface area contributed by atoms with Gasteiger partial charge in [-0.05, 0) is 30.9 Å². The molecule has 2 atom stereocenters. The van der Waals surface area contributed by atoms with E-state index in [4.69, 9.17) is 0 Å². The number of carboxylic acids is 1. The molecule has 8 nitrogen and oxygen atoms in total. The van der Waals surface area contributed by atoms with Crippen LogP contribution in [-0.4, -0.2) is 37.8 Å². The summed E-state index contributed by atoms with van der Waals surface area (Å²) >= 11 is 0. The highest BCUT2D eigenvalue weighted by Crippen LogP contribution is 2.20. The molecule has 0 aliphatic carbocycles. The van der Waals surface area contributed by atoms with Crippen molar-refractivity contribution in [3.05, 3.63) is 27.2 Å². The highest BCUT2D eigenvalue weighted by molar-refractivity contribution is 5.87. The number of aromatic nitrogens is 3. The van der Waals surface area contributed by atoms with E-state index in [-0.39, 0.29) is 17.9 Å². The van der Waals surface area contributed by atoms with Crippen molar-refractivity contribution in [1.82, 2.24) is 20.1 Å². The molecule has 2 aromatic rings. The molecule has 0 aliphatic rings. The van der Waals surface area contributed by atoms with Gasteiger partial charge in [-0.3, -0.25) is 19.4 Å². The number of nitrogens with one attached hydrogen (secondary N) is 2. The number of pyridine rings is 1. The summed E-state index contributed by atoms with van der Waals surface area (Å²) in [6.45, 7) is 7.21. The van der Waals surface area contributed by atoms with E-state index < -0.39 is 17.9 Å². The first kappa shape index (κ1) is 18.7. The zero-order valence-corrected chi connectivity index (χ0v) is 15.1. The highest BCUT2D eigenvalue weighted by atomic mass is 16.4. The molecule has 0 saturated carbocycles. The summed E-state index contributed by atoms with van der Waals surface area (Å²) in [6.07, 6.45) is 0.622. The first-order valence-corrected chi connectivity index (χ1v) is 8.24. The molecule has 2 rings (SSSR count). The van der Waals surface area contributed by atoms with Crippen molar-refractivity contribution in [2.24, 2.45) is 13.0 Å². The molecule has 0 saturated heterocycles. The standard InChI is InChI=1S/C17H24N4O4/c1-6-8(2)14(17(24)25)19-12(22)7-11-9(3)13-15(18-10(11)4)21(5)20-16(13)23/h8,14H,6-7H2,1-5H3,(H,19,22)(H,20,23)(H,24,25)/t8-,14-/m0/s1. The summed E-state index contributed by atoms with van der Waals surface area (Å²) in [7, 11) is 1.70. The van der Waals surface area contributed by atoms with Crippen LogP contribution in [0.1, 0.15) is 37.1 Å². The van der Waals surface area contributed by atoms with Crippen LogP contribution in [0.3, 0.4) is 0 Å². The van der Waals surface area contributed by atoms with Crippen LogP contribution in [0.2, 0.25) is 0 Å². The fourth-order valence-electron chi connectivity index (χ4n) is 2.98. The van der Waals surface area contributed by atoms with Crippen LogP contribution in [0.5, 0.6) is 0 Å². The lowest BCUT2D eigenvalue weighted by molar-refractivity contribution is -0.143. The van der Waals surface area contributed by atoms with Crippen LogP contribution in [0.15, 0.2) is 4.79 Å². The lowest BCUT2D eigenvalue weighted by atomic mass is 9.98. The molecule has 0 spiro atoms. The lowest BCUT2D eigenvalue weighted by Crippen LogP contribution is -2.45. The Bertz CT molecular complexity index is 881. The number of H-pyrrole nitrogens is 1. The summed E-state index contributed by atoms with van der Waals surface area (Å²) < 4.78 is 1.55. The molecule has 0 radical (unpaired) electrons. The minimum Gasteiger partial charge on any atom is -0.480 e. The molecule has 0 fully saturated rings. The first-order chi connectivity index (χ1) is 11.7. The molecule has 2 aromatic heterocycles. The smallest absolute Gasteiger partial charge is 0.326 e. The topological polar surface area (TPSA) is 117 Å². The van der Waals surface area contributed by atoms with Gasteiger partial charge in [0.25, 0.3) is 5.56 Å². The monoisotopic (exact) mass is 348 g/mol. The average Bonchev–Trinajstić information content (AvgIpc) is 2.82. The van der Waals surface area contributed by atoms with E-state index in [2.05, 4.69) is 15.4 Å². The van der Waals surface area contributed by atoms with E-state index in [0.717, 1.165) is 0 Å². The second kappa shape index (κ2) is 7.08. The summed E-state index contributed by atoms with van der Waals surface area (Å²) in [6, 6.07) is -0.935. The molecule has 2 heterocycles. The van der Waals surface area contributed by atoms with Gasteiger partial charge >= 0.3 is 5.97 Å². The molecular formula is C17H24N4O4. The van der Waals surface area contributed by atoms with Gasteiger partial charge in [-0.25, -0.2) is 9.78 Å². The fraction of sp³-hybridized carbons (Fsp3) is 0.529. The molecule has 0 aromatic carbocycles. The van der Waals surface area contributed by atoms with Crippen molar-refractivity contribution in [3.63, 3.8) is 0 Å².